The lowest BCUT2D eigenvalue weighted by Gasteiger charge is -2.17. The molecule has 2 nitrogen and oxygen atoms in total. The Morgan fingerprint density at radius 2 is 1.44 bits per heavy atom. The van der Waals surface area contributed by atoms with Crippen LogP contribution >= 0.6 is 11.6 Å². The predicted molar refractivity (Wildman–Crippen MR) is 142 cm³/mol. The van der Waals surface area contributed by atoms with E-state index in [4.69, 9.17) is 16.3 Å². The van der Waals surface area contributed by atoms with E-state index in [0.29, 0.717) is 32.5 Å². The molecular formula is C30H25ClF2O2S. The number of hydrogen-bond acceptors (Lipinski definition) is 2. The van der Waals surface area contributed by atoms with Gasteiger partial charge in [0, 0.05) is 28.0 Å². The third kappa shape index (κ3) is 7.12. The molecule has 6 heteroatoms. The van der Waals surface area contributed by atoms with Gasteiger partial charge in [0.05, 0.1) is 10.8 Å². The molecule has 2 unspecified atom stereocenters. The molecule has 0 bridgehead atoms. The molecule has 184 valence electrons. The first-order chi connectivity index (χ1) is 17.5. The van der Waals surface area contributed by atoms with Gasteiger partial charge in [0.15, 0.2) is 0 Å². The Morgan fingerprint density at radius 3 is 2.14 bits per heavy atom. The van der Waals surface area contributed by atoms with E-state index < -0.39 is 28.4 Å². The molecule has 36 heavy (non-hydrogen) atoms. The first-order valence-corrected chi connectivity index (χ1v) is 13.2. The molecule has 2 atom stereocenters. The Hall–Kier alpha value is -3.28. The number of para-hydroxylation sites is 1. The lowest BCUT2D eigenvalue weighted by atomic mass is 9.93. The summed E-state index contributed by atoms with van der Waals surface area (Å²) in [5.74, 6) is -1.21. The van der Waals surface area contributed by atoms with Gasteiger partial charge in [-0.2, -0.15) is 0 Å². The number of halogens is 3. The summed E-state index contributed by atoms with van der Waals surface area (Å²) in [4.78, 5) is 0.660. The van der Waals surface area contributed by atoms with Crippen LogP contribution in [0.25, 0.3) is 0 Å². The Kier molecular flexibility index (Phi) is 9.04. The summed E-state index contributed by atoms with van der Waals surface area (Å²) in [5.41, 5.74) is 1.16. The maximum absolute atomic E-state index is 15.6. The molecule has 4 aromatic carbocycles. The second-order valence-electron chi connectivity index (χ2n) is 8.25. The zero-order valence-electron chi connectivity index (χ0n) is 19.4. The average Bonchev–Trinajstić information content (AvgIpc) is 2.91. The second-order valence-corrected chi connectivity index (χ2v) is 10.3. The first kappa shape index (κ1) is 25.8. The first-order valence-electron chi connectivity index (χ1n) is 11.5. The summed E-state index contributed by atoms with van der Waals surface area (Å²) < 4.78 is 49.4. The zero-order valence-corrected chi connectivity index (χ0v) is 21.0. The summed E-state index contributed by atoms with van der Waals surface area (Å²) >= 11 is 6.01. The second kappa shape index (κ2) is 12.6. The molecule has 0 heterocycles. The minimum atomic E-state index is -1.33. The molecule has 0 radical (unpaired) electrons. The van der Waals surface area contributed by atoms with Crippen LogP contribution in [0.2, 0.25) is 5.02 Å². The smallest absolute Gasteiger partial charge is 0.139 e. The third-order valence-electron chi connectivity index (χ3n) is 5.67. The van der Waals surface area contributed by atoms with Crippen molar-refractivity contribution in [2.45, 2.75) is 23.7 Å². The largest absolute Gasteiger partial charge is 0.457 e. The fourth-order valence-corrected chi connectivity index (χ4v) is 5.12. The van der Waals surface area contributed by atoms with Crippen LogP contribution in [-0.4, -0.2) is 9.96 Å². The number of allylic oxidation sites excluding steroid dienone is 2. The van der Waals surface area contributed by atoms with Crippen molar-refractivity contribution in [2.75, 3.05) is 5.75 Å². The SMILES string of the molecule is O=S(CCC(/C(F)=C(\F)Cc1cccc(Oc2ccccc2)c1)c1ccc(Cl)cc1)c1ccccc1. The number of hydrogen-bond donors (Lipinski definition) is 0. The van der Waals surface area contributed by atoms with Gasteiger partial charge in [0.1, 0.15) is 23.2 Å². The third-order valence-corrected chi connectivity index (χ3v) is 7.33. The van der Waals surface area contributed by atoms with Crippen LogP contribution in [0.5, 0.6) is 11.5 Å². The minimum absolute atomic E-state index is 0.180. The molecule has 0 aliphatic rings. The van der Waals surface area contributed by atoms with Crippen molar-refractivity contribution in [3.63, 3.8) is 0 Å². The summed E-state index contributed by atoms with van der Waals surface area (Å²) in [5, 5.41) is 0.505. The fraction of sp³-hybridized carbons (Fsp3) is 0.133. The molecule has 4 aromatic rings. The van der Waals surface area contributed by atoms with Gasteiger partial charge in [-0.25, -0.2) is 8.78 Å². The van der Waals surface area contributed by atoms with Gasteiger partial charge in [-0.1, -0.05) is 72.3 Å². The molecule has 0 fully saturated rings. The highest BCUT2D eigenvalue weighted by Crippen LogP contribution is 2.34. The van der Waals surface area contributed by atoms with Crippen LogP contribution in [0.3, 0.4) is 0 Å². The molecule has 0 amide bonds. The van der Waals surface area contributed by atoms with Crippen molar-refractivity contribution in [1.29, 1.82) is 0 Å². The molecule has 0 aliphatic heterocycles. The minimum Gasteiger partial charge on any atom is -0.457 e. The van der Waals surface area contributed by atoms with E-state index in [1.165, 1.54) is 0 Å². The Balaban J connectivity index is 1.54. The van der Waals surface area contributed by atoms with Gasteiger partial charge >= 0.3 is 0 Å². The van der Waals surface area contributed by atoms with Crippen molar-refractivity contribution in [1.82, 2.24) is 0 Å². The van der Waals surface area contributed by atoms with E-state index in [-0.39, 0.29) is 18.6 Å². The number of rotatable bonds is 10. The van der Waals surface area contributed by atoms with E-state index >= 15 is 8.78 Å². The van der Waals surface area contributed by atoms with E-state index in [1.54, 1.807) is 72.8 Å². The Bertz CT molecular complexity index is 1330. The Labute approximate surface area is 217 Å². The molecule has 0 aromatic heterocycles. The van der Waals surface area contributed by atoms with E-state index in [9.17, 15) is 4.21 Å². The molecular weight excluding hydrogens is 498 g/mol. The van der Waals surface area contributed by atoms with Crippen LogP contribution in [0.4, 0.5) is 8.78 Å². The molecule has 0 spiro atoms. The highest BCUT2D eigenvalue weighted by atomic mass is 35.5. The van der Waals surface area contributed by atoms with Gasteiger partial charge in [-0.3, -0.25) is 4.21 Å². The number of ether oxygens (including phenoxy) is 1. The molecule has 0 saturated heterocycles. The van der Waals surface area contributed by atoms with Crippen LogP contribution < -0.4 is 4.74 Å². The van der Waals surface area contributed by atoms with Gasteiger partial charge < -0.3 is 4.74 Å². The summed E-state index contributed by atoms with van der Waals surface area (Å²) in [7, 11) is -1.33. The number of benzene rings is 4. The van der Waals surface area contributed by atoms with Crippen molar-refractivity contribution < 1.29 is 17.7 Å². The molecule has 0 saturated carbocycles. The summed E-state index contributed by atoms with van der Waals surface area (Å²) in [6, 6.07) is 31.8. The van der Waals surface area contributed by atoms with Crippen molar-refractivity contribution in [3.8, 4) is 11.5 Å². The van der Waals surface area contributed by atoms with Crippen molar-refractivity contribution in [2.24, 2.45) is 0 Å². The molecule has 0 N–H and O–H groups in total. The van der Waals surface area contributed by atoms with Gasteiger partial charge in [-0.05, 0) is 66.1 Å². The highest BCUT2D eigenvalue weighted by molar-refractivity contribution is 7.85. The zero-order chi connectivity index (χ0) is 25.3. The van der Waals surface area contributed by atoms with Gasteiger partial charge in [0.25, 0.3) is 0 Å². The standard InChI is InChI=1S/C30H25ClF2O2S/c31-24-16-14-23(15-17-24)28(18-19-36(34)27-12-5-2-6-13-27)30(33)29(32)21-22-8-7-11-26(20-22)35-25-9-3-1-4-10-25/h1-17,20,28H,18-19,21H2/b30-29+. The average molecular weight is 523 g/mol. The van der Waals surface area contributed by atoms with Crippen molar-refractivity contribution in [3.05, 3.63) is 137 Å². The fourth-order valence-electron chi connectivity index (χ4n) is 3.85. The predicted octanol–water partition coefficient (Wildman–Crippen LogP) is 8.81. The summed E-state index contributed by atoms with van der Waals surface area (Å²) in [6.45, 7) is 0. The quantitative estimate of drug-likeness (QED) is 0.208. The topological polar surface area (TPSA) is 26.3 Å². The van der Waals surface area contributed by atoms with Crippen LogP contribution in [0.1, 0.15) is 23.5 Å². The van der Waals surface area contributed by atoms with Gasteiger partial charge in [0.2, 0.25) is 0 Å². The van der Waals surface area contributed by atoms with Gasteiger partial charge in [-0.15, -0.1) is 0 Å². The highest BCUT2D eigenvalue weighted by Gasteiger charge is 2.23. The maximum atomic E-state index is 15.6. The van der Waals surface area contributed by atoms with Crippen LogP contribution in [0, 0.1) is 0 Å². The van der Waals surface area contributed by atoms with E-state index in [0.717, 1.165) is 0 Å². The molecule has 4 rings (SSSR count). The monoisotopic (exact) mass is 522 g/mol. The van der Waals surface area contributed by atoms with Crippen LogP contribution in [0.15, 0.2) is 126 Å². The van der Waals surface area contributed by atoms with Crippen molar-refractivity contribution >= 4 is 22.4 Å². The lowest BCUT2D eigenvalue weighted by molar-refractivity contribution is 0.464. The summed E-state index contributed by atoms with van der Waals surface area (Å²) in [6.07, 6.45) is -0.0385. The van der Waals surface area contributed by atoms with E-state index in [1.807, 2.05) is 36.4 Å². The lowest BCUT2D eigenvalue weighted by Crippen LogP contribution is -2.08. The van der Waals surface area contributed by atoms with E-state index in [2.05, 4.69) is 0 Å². The van der Waals surface area contributed by atoms with Crippen LogP contribution in [-0.2, 0) is 17.2 Å². The Morgan fingerprint density at radius 1 is 0.806 bits per heavy atom. The maximum Gasteiger partial charge on any atom is 0.139 e. The molecule has 0 aliphatic carbocycles. The normalized spacial score (nSPS) is 13.5.